The summed E-state index contributed by atoms with van der Waals surface area (Å²) >= 11 is 0. The number of hydrogen-bond acceptors (Lipinski definition) is 5. The van der Waals surface area contributed by atoms with Crippen molar-refractivity contribution in [3.63, 3.8) is 0 Å². The predicted molar refractivity (Wildman–Crippen MR) is 134 cm³/mol. The van der Waals surface area contributed by atoms with Gasteiger partial charge < -0.3 is 26.0 Å². The second-order valence-corrected chi connectivity index (χ2v) is 7.13. The molecule has 0 unspecified atom stereocenters. The zero-order valence-electron chi connectivity index (χ0n) is 17.8. The highest BCUT2D eigenvalue weighted by Crippen LogP contribution is 2.17. The first-order chi connectivity index (χ1) is 14.7. The molecular formula is C22H31IN6O2. The van der Waals surface area contributed by atoms with Gasteiger partial charge in [-0.25, -0.2) is 4.98 Å². The van der Waals surface area contributed by atoms with Gasteiger partial charge in [0, 0.05) is 38.4 Å². The maximum Gasteiger partial charge on any atom is 0.255 e. The van der Waals surface area contributed by atoms with E-state index in [1.807, 2.05) is 31.3 Å². The number of guanidine groups is 1. The minimum Gasteiger partial charge on any atom is -0.507 e. The minimum absolute atomic E-state index is 0. The molecular weight excluding hydrogens is 507 g/mol. The standard InChI is InChI=1S/C22H30N6O2.HI/c1-2-23-22(26-14-13-25-21(30)18-7-3-4-8-19(18)29)27-17-10-15-28(16-11-17)20-9-5-6-12-24-20;/h3-9,12,17,29H,2,10-11,13-16H2,1H3,(H,25,30)(H2,23,26,27);1H. The van der Waals surface area contributed by atoms with Crippen molar-refractivity contribution < 1.29 is 9.90 Å². The first-order valence-electron chi connectivity index (χ1n) is 10.4. The molecule has 1 amide bonds. The molecule has 1 aromatic heterocycles. The monoisotopic (exact) mass is 538 g/mol. The normalized spacial score (nSPS) is 14.5. The third-order valence-corrected chi connectivity index (χ3v) is 4.97. The number of nitrogens with one attached hydrogen (secondary N) is 3. The van der Waals surface area contributed by atoms with Crippen LogP contribution in [0.4, 0.5) is 5.82 Å². The Morgan fingerprint density at radius 3 is 2.58 bits per heavy atom. The molecule has 2 heterocycles. The number of hydrogen-bond donors (Lipinski definition) is 4. The van der Waals surface area contributed by atoms with Crippen LogP contribution in [-0.4, -0.2) is 60.7 Å². The molecule has 31 heavy (non-hydrogen) atoms. The van der Waals surface area contributed by atoms with Crippen molar-refractivity contribution in [3.05, 3.63) is 54.2 Å². The molecule has 4 N–H and O–H groups in total. The number of aromatic nitrogens is 1. The molecule has 2 aromatic rings. The number of phenolic OH excluding ortho intramolecular Hbond substituents is 1. The topological polar surface area (TPSA) is 102 Å². The molecule has 0 saturated carbocycles. The zero-order valence-corrected chi connectivity index (χ0v) is 20.1. The van der Waals surface area contributed by atoms with E-state index in [2.05, 4.69) is 30.8 Å². The number of aliphatic imine (C=N–C) groups is 1. The maximum atomic E-state index is 12.1. The number of pyridine rings is 1. The average molecular weight is 538 g/mol. The average Bonchev–Trinajstić information content (AvgIpc) is 2.78. The van der Waals surface area contributed by atoms with E-state index in [-0.39, 0.29) is 41.2 Å². The fourth-order valence-corrected chi connectivity index (χ4v) is 3.41. The summed E-state index contributed by atoms with van der Waals surface area (Å²) < 4.78 is 0. The lowest BCUT2D eigenvalue weighted by atomic mass is 10.1. The van der Waals surface area contributed by atoms with E-state index in [9.17, 15) is 9.90 Å². The second kappa shape index (κ2) is 13.0. The highest BCUT2D eigenvalue weighted by molar-refractivity contribution is 14.0. The number of carbonyl (C=O) groups is 1. The molecule has 1 saturated heterocycles. The predicted octanol–water partition coefficient (Wildman–Crippen LogP) is 2.36. The zero-order chi connectivity index (χ0) is 21.2. The van der Waals surface area contributed by atoms with Gasteiger partial charge in [0.25, 0.3) is 5.91 Å². The lowest BCUT2D eigenvalue weighted by Gasteiger charge is -2.33. The summed E-state index contributed by atoms with van der Waals surface area (Å²) in [4.78, 5) is 23.4. The van der Waals surface area contributed by atoms with Crippen molar-refractivity contribution in [1.29, 1.82) is 0 Å². The van der Waals surface area contributed by atoms with Gasteiger partial charge in [-0.1, -0.05) is 18.2 Å². The van der Waals surface area contributed by atoms with Crippen LogP contribution < -0.4 is 20.9 Å². The van der Waals surface area contributed by atoms with Crippen LogP contribution in [0.25, 0.3) is 0 Å². The summed E-state index contributed by atoms with van der Waals surface area (Å²) in [6.45, 7) is 5.53. The number of halogens is 1. The van der Waals surface area contributed by atoms with Gasteiger partial charge in [-0.15, -0.1) is 24.0 Å². The van der Waals surface area contributed by atoms with E-state index in [1.165, 1.54) is 6.07 Å². The van der Waals surface area contributed by atoms with E-state index < -0.39 is 0 Å². The smallest absolute Gasteiger partial charge is 0.255 e. The quantitative estimate of drug-likeness (QED) is 0.187. The molecule has 1 aliphatic rings. The van der Waals surface area contributed by atoms with Crippen LogP contribution in [0.2, 0.25) is 0 Å². The second-order valence-electron chi connectivity index (χ2n) is 7.13. The summed E-state index contributed by atoms with van der Waals surface area (Å²) in [7, 11) is 0. The van der Waals surface area contributed by atoms with E-state index in [1.54, 1.807) is 18.2 Å². The molecule has 1 fully saturated rings. The number of piperidine rings is 1. The molecule has 1 aliphatic heterocycles. The van der Waals surface area contributed by atoms with Crippen molar-refractivity contribution in [3.8, 4) is 5.75 Å². The van der Waals surface area contributed by atoms with Crippen molar-refractivity contribution >= 4 is 41.7 Å². The van der Waals surface area contributed by atoms with Gasteiger partial charge in [0.1, 0.15) is 11.6 Å². The number of carbonyl (C=O) groups excluding carboxylic acids is 1. The van der Waals surface area contributed by atoms with Gasteiger partial charge in [0.15, 0.2) is 5.96 Å². The van der Waals surface area contributed by atoms with Crippen LogP contribution in [0.15, 0.2) is 53.7 Å². The first-order valence-corrected chi connectivity index (χ1v) is 10.4. The van der Waals surface area contributed by atoms with Gasteiger partial charge in [-0.3, -0.25) is 9.79 Å². The maximum absolute atomic E-state index is 12.1. The number of rotatable bonds is 7. The lowest BCUT2D eigenvalue weighted by molar-refractivity contribution is 0.0952. The Kier molecular flexibility index (Phi) is 10.3. The highest BCUT2D eigenvalue weighted by atomic mass is 127. The largest absolute Gasteiger partial charge is 0.507 e. The Hall–Kier alpha value is -2.56. The molecule has 9 heteroatoms. The van der Waals surface area contributed by atoms with Crippen LogP contribution >= 0.6 is 24.0 Å². The molecule has 0 radical (unpaired) electrons. The molecule has 0 spiro atoms. The van der Waals surface area contributed by atoms with Crippen molar-refractivity contribution in [2.24, 2.45) is 4.99 Å². The highest BCUT2D eigenvalue weighted by Gasteiger charge is 2.20. The van der Waals surface area contributed by atoms with Crippen LogP contribution in [0.3, 0.4) is 0 Å². The lowest BCUT2D eigenvalue weighted by Crippen LogP contribution is -2.49. The van der Waals surface area contributed by atoms with E-state index >= 15 is 0 Å². The van der Waals surface area contributed by atoms with Gasteiger partial charge in [0.2, 0.25) is 0 Å². The summed E-state index contributed by atoms with van der Waals surface area (Å²) in [6.07, 6.45) is 3.84. The van der Waals surface area contributed by atoms with Crippen molar-refractivity contribution in [2.75, 3.05) is 37.6 Å². The van der Waals surface area contributed by atoms with Crippen LogP contribution in [0.5, 0.6) is 5.75 Å². The summed E-state index contributed by atoms with van der Waals surface area (Å²) in [5.41, 5.74) is 0.270. The molecule has 8 nitrogen and oxygen atoms in total. The Morgan fingerprint density at radius 1 is 1.16 bits per heavy atom. The fraction of sp³-hybridized carbons (Fsp3) is 0.409. The summed E-state index contributed by atoms with van der Waals surface area (Å²) in [5.74, 6) is 1.45. The van der Waals surface area contributed by atoms with E-state index in [4.69, 9.17) is 0 Å². The molecule has 3 rings (SSSR count). The Balaban J connectivity index is 0.00000341. The van der Waals surface area contributed by atoms with Crippen molar-refractivity contribution in [1.82, 2.24) is 20.9 Å². The number of anilines is 1. The SMILES string of the molecule is CCNC(=NCCNC(=O)c1ccccc1O)NC1CCN(c2ccccn2)CC1.I. The minimum atomic E-state index is -0.303. The van der Waals surface area contributed by atoms with Gasteiger partial charge in [0.05, 0.1) is 12.1 Å². The summed E-state index contributed by atoms with van der Waals surface area (Å²) in [6, 6.07) is 12.8. The third kappa shape index (κ3) is 7.57. The van der Waals surface area contributed by atoms with Gasteiger partial charge in [-0.05, 0) is 44.0 Å². The van der Waals surface area contributed by atoms with E-state index in [0.29, 0.717) is 19.1 Å². The number of para-hydroxylation sites is 1. The summed E-state index contributed by atoms with van der Waals surface area (Å²) in [5, 5.41) is 19.3. The number of amides is 1. The van der Waals surface area contributed by atoms with Crippen molar-refractivity contribution in [2.45, 2.75) is 25.8 Å². The Bertz CT molecular complexity index is 841. The number of phenols is 1. The fourth-order valence-electron chi connectivity index (χ4n) is 3.41. The van der Waals surface area contributed by atoms with Crippen LogP contribution in [0.1, 0.15) is 30.1 Å². The first kappa shape index (κ1) is 24.7. The van der Waals surface area contributed by atoms with Crippen LogP contribution in [-0.2, 0) is 0 Å². The number of aromatic hydroxyl groups is 1. The third-order valence-electron chi connectivity index (χ3n) is 4.97. The van der Waals surface area contributed by atoms with Gasteiger partial charge >= 0.3 is 0 Å². The van der Waals surface area contributed by atoms with Gasteiger partial charge in [-0.2, -0.15) is 0 Å². The number of benzene rings is 1. The number of nitrogens with zero attached hydrogens (tertiary/aromatic N) is 3. The molecule has 168 valence electrons. The van der Waals surface area contributed by atoms with Crippen LogP contribution in [0, 0.1) is 0 Å². The molecule has 0 aliphatic carbocycles. The molecule has 0 bridgehead atoms. The Morgan fingerprint density at radius 2 is 1.90 bits per heavy atom. The molecule has 0 atom stereocenters. The molecule has 1 aromatic carbocycles. The van der Waals surface area contributed by atoms with E-state index in [0.717, 1.165) is 44.3 Å². The Labute approximate surface area is 200 Å².